The molecule has 1 N–H and O–H groups in total. The van der Waals surface area contributed by atoms with Crippen molar-refractivity contribution in [3.63, 3.8) is 0 Å². The van der Waals surface area contributed by atoms with Crippen LogP contribution in [-0.2, 0) is 9.84 Å². The van der Waals surface area contributed by atoms with E-state index in [1.165, 1.54) is 48.5 Å². The predicted octanol–water partition coefficient (Wildman–Crippen LogP) is 4.24. The normalized spacial score (nSPS) is 13.3. The van der Waals surface area contributed by atoms with Crippen LogP contribution in [0.4, 0.5) is 0 Å². The molecular formula is C15H11Cl4NO3S. The Balaban J connectivity index is 2.37. The molecule has 4 nitrogen and oxygen atoms in total. The first-order chi connectivity index (χ1) is 11.1. The Bertz CT molecular complexity index is 818. The fourth-order valence-electron chi connectivity index (χ4n) is 1.89. The second-order valence-electron chi connectivity index (χ2n) is 4.76. The number of alkyl halides is 3. The van der Waals surface area contributed by atoms with Crippen LogP contribution >= 0.6 is 46.4 Å². The van der Waals surface area contributed by atoms with Gasteiger partial charge in [0.25, 0.3) is 5.91 Å². The van der Waals surface area contributed by atoms with Crippen molar-refractivity contribution in [2.75, 3.05) is 0 Å². The van der Waals surface area contributed by atoms with Gasteiger partial charge in [-0.15, -0.1) is 0 Å². The van der Waals surface area contributed by atoms with E-state index in [0.29, 0.717) is 5.02 Å². The summed E-state index contributed by atoms with van der Waals surface area (Å²) in [5, 5.41) is 0.934. The van der Waals surface area contributed by atoms with Gasteiger partial charge in [-0.1, -0.05) is 64.6 Å². The maximum atomic E-state index is 12.7. The van der Waals surface area contributed by atoms with Gasteiger partial charge >= 0.3 is 0 Å². The van der Waals surface area contributed by atoms with E-state index in [9.17, 15) is 13.2 Å². The molecule has 0 aliphatic rings. The van der Waals surface area contributed by atoms with Gasteiger partial charge in [-0.2, -0.15) is 0 Å². The molecule has 128 valence electrons. The molecule has 9 heteroatoms. The van der Waals surface area contributed by atoms with E-state index in [1.54, 1.807) is 6.07 Å². The van der Waals surface area contributed by atoms with Crippen molar-refractivity contribution in [2.45, 2.75) is 14.1 Å². The zero-order valence-corrected chi connectivity index (χ0v) is 15.8. The minimum atomic E-state index is -4.12. The van der Waals surface area contributed by atoms with Crippen LogP contribution in [0, 0.1) is 0 Å². The molecule has 2 rings (SSSR count). The fourth-order valence-corrected chi connectivity index (χ4v) is 4.65. The largest absolute Gasteiger partial charge is 0.332 e. The van der Waals surface area contributed by atoms with Gasteiger partial charge in [0.2, 0.25) is 13.6 Å². The maximum absolute atomic E-state index is 12.7. The summed E-state index contributed by atoms with van der Waals surface area (Å²) in [5.41, 5.74) is 0.182. The number of carbonyl (C=O) groups is 1. The van der Waals surface area contributed by atoms with Crippen LogP contribution in [0.5, 0.6) is 0 Å². The highest BCUT2D eigenvalue weighted by Gasteiger charge is 2.44. The average Bonchev–Trinajstić information content (AvgIpc) is 2.52. The summed E-state index contributed by atoms with van der Waals surface area (Å²) in [7, 11) is -4.12. The number of halogens is 4. The number of hydrogen-bond acceptors (Lipinski definition) is 3. The van der Waals surface area contributed by atoms with Crippen LogP contribution in [0.2, 0.25) is 5.02 Å². The zero-order chi connectivity index (χ0) is 18.0. The van der Waals surface area contributed by atoms with E-state index < -0.39 is 24.9 Å². The van der Waals surface area contributed by atoms with Gasteiger partial charge in [0.05, 0.1) is 4.90 Å². The first-order valence-corrected chi connectivity index (χ1v) is 9.60. The Morgan fingerprint density at radius 3 is 2.00 bits per heavy atom. The van der Waals surface area contributed by atoms with Crippen LogP contribution < -0.4 is 5.32 Å². The molecular weight excluding hydrogens is 416 g/mol. The molecule has 24 heavy (non-hydrogen) atoms. The molecule has 0 aromatic heterocycles. The molecule has 0 radical (unpaired) electrons. The summed E-state index contributed by atoms with van der Waals surface area (Å²) in [4.78, 5) is 12.2. The molecule has 0 saturated carbocycles. The lowest BCUT2D eigenvalue weighted by molar-refractivity contribution is 0.0948. The van der Waals surface area contributed by atoms with E-state index in [2.05, 4.69) is 5.32 Å². The summed E-state index contributed by atoms with van der Waals surface area (Å²) < 4.78 is 23.2. The molecule has 1 atom stereocenters. The Morgan fingerprint density at radius 2 is 1.50 bits per heavy atom. The van der Waals surface area contributed by atoms with Crippen molar-refractivity contribution in [2.24, 2.45) is 0 Å². The third kappa shape index (κ3) is 4.55. The molecule has 0 fully saturated rings. The molecule has 0 heterocycles. The number of sulfone groups is 1. The standard InChI is InChI=1S/C15H11Cl4NO3S/c16-11-8-6-10(7-9-11)13(21)20-14(15(17,18)19)24(22,23)12-4-2-1-3-5-12/h1-9,14H,(H,20,21)/t14-/m0/s1. The monoisotopic (exact) mass is 425 g/mol. The van der Waals surface area contributed by atoms with Crippen LogP contribution in [0.3, 0.4) is 0 Å². The minimum Gasteiger partial charge on any atom is -0.332 e. The number of rotatable bonds is 4. The van der Waals surface area contributed by atoms with E-state index in [4.69, 9.17) is 46.4 Å². The van der Waals surface area contributed by atoms with Gasteiger partial charge in [-0.25, -0.2) is 8.42 Å². The summed E-state index contributed by atoms with van der Waals surface area (Å²) in [5.74, 6) is -0.706. The number of nitrogens with one attached hydrogen (secondary N) is 1. The lowest BCUT2D eigenvalue weighted by atomic mass is 10.2. The number of benzene rings is 2. The van der Waals surface area contributed by atoms with Crippen molar-refractivity contribution in [1.82, 2.24) is 5.32 Å². The SMILES string of the molecule is O=C(N[C@H](C(Cl)(Cl)Cl)S(=O)(=O)c1ccccc1)c1ccc(Cl)cc1. The maximum Gasteiger partial charge on any atom is 0.252 e. The van der Waals surface area contributed by atoms with Gasteiger partial charge < -0.3 is 5.32 Å². The molecule has 0 aliphatic heterocycles. The summed E-state index contributed by atoms with van der Waals surface area (Å²) in [6.07, 6.45) is 0. The lowest BCUT2D eigenvalue weighted by Crippen LogP contribution is -2.49. The van der Waals surface area contributed by atoms with E-state index in [-0.39, 0.29) is 10.5 Å². The van der Waals surface area contributed by atoms with Gasteiger partial charge in [-0.3, -0.25) is 4.79 Å². The van der Waals surface area contributed by atoms with Crippen molar-refractivity contribution in [3.8, 4) is 0 Å². The highest BCUT2D eigenvalue weighted by atomic mass is 35.6. The third-order valence-corrected chi connectivity index (χ3v) is 6.36. The third-order valence-electron chi connectivity index (χ3n) is 3.05. The molecule has 0 bridgehead atoms. The Kier molecular flexibility index (Phi) is 6.04. The second kappa shape index (κ2) is 7.50. The predicted molar refractivity (Wildman–Crippen MR) is 96.6 cm³/mol. The summed E-state index contributed by atoms with van der Waals surface area (Å²) >= 11 is 23.2. The van der Waals surface area contributed by atoms with Gasteiger partial charge in [0.1, 0.15) is 0 Å². The molecule has 0 spiro atoms. The molecule has 1 amide bonds. The number of carbonyl (C=O) groups excluding carboxylic acids is 1. The van der Waals surface area contributed by atoms with Crippen LogP contribution in [-0.4, -0.2) is 23.5 Å². The van der Waals surface area contributed by atoms with Crippen LogP contribution in [0.15, 0.2) is 59.5 Å². The summed E-state index contributed by atoms with van der Waals surface area (Å²) in [6, 6.07) is 13.3. The van der Waals surface area contributed by atoms with Crippen LogP contribution in [0.25, 0.3) is 0 Å². The smallest absolute Gasteiger partial charge is 0.252 e. The van der Waals surface area contributed by atoms with Gasteiger partial charge in [0, 0.05) is 10.6 Å². The Hall–Kier alpha value is -0.980. The molecule has 2 aromatic carbocycles. The van der Waals surface area contributed by atoms with Crippen LogP contribution in [0.1, 0.15) is 10.4 Å². The minimum absolute atomic E-state index is 0.0715. The highest BCUT2D eigenvalue weighted by molar-refractivity contribution is 7.92. The zero-order valence-electron chi connectivity index (χ0n) is 11.9. The molecule has 0 aliphatic carbocycles. The van der Waals surface area contributed by atoms with Gasteiger partial charge in [0.15, 0.2) is 5.37 Å². The second-order valence-corrected chi connectivity index (χ2v) is 9.60. The number of amides is 1. The van der Waals surface area contributed by atoms with E-state index >= 15 is 0 Å². The average molecular weight is 427 g/mol. The highest BCUT2D eigenvalue weighted by Crippen LogP contribution is 2.35. The van der Waals surface area contributed by atoms with E-state index in [0.717, 1.165) is 0 Å². The number of hydrogen-bond donors (Lipinski definition) is 1. The lowest BCUT2D eigenvalue weighted by Gasteiger charge is -2.25. The molecule has 0 unspecified atom stereocenters. The first-order valence-electron chi connectivity index (χ1n) is 6.54. The molecule has 0 saturated heterocycles. The fraction of sp³-hybridized carbons (Fsp3) is 0.133. The molecule has 2 aromatic rings. The van der Waals surface area contributed by atoms with Crippen molar-refractivity contribution >= 4 is 62.1 Å². The topological polar surface area (TPSA) is 63.2 Å². The van der Waals surface area contributed by atoms with E-state index in [1.807, 2.05) is 0 Å². The Morgan fingerprint density at radius 1 is 0.958 bits per heavy atom. The van der Waals surface area contributed by atoms with Gasteiger partial charge in [-0.05, 0) is 36.4 Å². The quantitative estimate of drug-likeness (QED) is 0.743. The van der Waals surface area contributed by atoms with Crippen molar-refractivity contribution in [3.05, 3.63) is 65.2 Å². The van der Waals surface area contributed by atoms with Crippen molar-refractivity contribution < 1.29 is 13.2 Å². The first kappa shape index (κ1) is 19.3. The summed E-state index contributed by atoms with van der Waals surface area (Å²) in [6.45, 7) is 0. The Labute approximate surface area is 159 Å². The van der Waals surface area contributed by atoms with Crippen molar-refractivity contribution in [1.29, 1.82) is 0 Å².